The van der Waals surface area contributed by atoms with Crippen molar-refractivity contribution >= 4 is 5.91 Å². The van der Waals surface area contributed by atoms with Crippen LogP contribution in [0.4, 0.5) is 0 Å². The lowest BCUT2D eigenvalue weighted by molar-refractivity contribution is 0.0619. The highest BCUT2D eigenvalue weighted by atomic mass is 16.5. The van der Waals surface area contributed by atoms with Crippen LogP contribution in [0.5, 0.6) is 5.75 Å². The number of imidazole rings is 1. The van der Waals surface area contributed by atoms with Crippen LogP contribution in [0.1, 0.15) is 59.2 Å². The first-order valence-corrected chi connectivity index (χ1v) is 9.98. The summed E-state index contributed by atoms with van der Waals surface area (Å²) in [5, 5.41) is 3.21. The number of fused-ring (bicyclic) bond motifs is 1. The van der Waals surface area contributed by atoms with Gasteiger partial charge in [0.15, 0.2) is 0 Å². The molecular formula is C24H27N3O2. The third kappa shape index (κ3) is 4.19. The Balaban J connectivity index is 1.50. The molecule has 1 N–H and O–H groups in total. The van der Waals surface area contributed by atoms with Gasteiger partial charge in [0, 0.05) is 36.5 Å². The highest BCUT2D eigenvalue weighted by molar-refractivity contribution is 5.94. The van der Waals surface area contributed by atoms with Crippen molar-refractivity contribution in [2.45, 2.75) is 52.3 Å². The summed E-state index contributed by atoms with van der Waals surface area (Å²) in [4.78, 5) is 17.2. The van der Waals surface area contributed by atoms with E-state index in [4.69, 9.17) is 4.74 Å². The van der Waals surface area contributed by atoms with Gasteiger partial charge in [0.1, 0.15) is 17.2 Å². The standard InChI is InChI=1S/C24H27N3O2/c1-16-5-10-20-21(14-24(3,4)29-22(20)13-16)26-23(28)19-8-6-18(7-9-19)15-27-12-11-25-17(27)2/h5-13,21H,14-15H2,1-4H3,(H,26,28). The van der Waals surface area contributed by atoms with E-state index in [0.29, 0.717) is 5.56 Å². The summed E-state index contributed by atoms with van der Waals surface area (Å²) in [6.45, 7) is 8.89. The molecule has 0 saturated carbocycles. The van der Waals surface area contributed by atoms with Gasteiger partial charge in [-0.2, -0.15) is 0 Å². The Morgan fingerprint density at radius 2 is 1.97 bits per heavy atom. The number of aromatic nitrogens is 2. The third-order valence-corrected chi connectivity index (χ3v) is 5.42. The molecule has 5 heteroatoms. The lowest BCUT2D eigenvalue weighted by Gasteiger charge is -2.38. The summed E-state index contributed by atoms with van der Waals surface area (Å²) in [6, 6.07) is 13.9. The van der Waals surface area contributed by atoms with Crippen molar-refractivity contribution in [1.29, 1.82) is 0 Å². The zero-order valence-corrected chi connectivity index (χ0v) is 17.4. The third-order valence-electron chi connectivity index (χ3n) is 5.42. The smallest absolute Gasteiger partial charge is 0.251 e. The van der Waals surface area contributed by atoms with Crippen LogP contribution >= 0.6 is 0 Å². The Kier molecular flexibility index (Phi) is 4.91. The summed E-state index contributed by atoms with van der Waals surface area (Å²) in [6.07, 6.45) is 4.49. The van der Waals surface area contributed by atoms with E-state index in [2.05, 4.69) is 40.8 Å². The predicted molar refractivity (Wildman–Crippen MR) is 113 cm³/mol. The molecule has 1 unspecified atom stereocenters. The molecule has 150 valence electrons. The maximum absolute atomic E-state index is 12.9. The fourth-order valence-electron chi connectivity index (χ4n) is 3.86. The molecule has 2 aromatic carbocycles. The lowest BCUT2D eigenvalue weighted by Crippen LogP contribution is -2.41. The molecular weight excluding hydrogens is 362 g/mol. The Morgan fingerprint density at radius 1 is 1.21 bits per heavy atom. The van der Waals surface area contributed by atoms with E-state index in [9.17, 15) is 4.79 Å². The molecule has 3 aromatic rings. The molecule has 0 fully saturated rings. The molecule has 2 heterocycles. The van der Waals surface area contributed by atoms with Gasteiger partial charge in [0.2, 0.25) is 0 Å². The number of nitrogens with one attached hydrogen (secondary N) is 1. The topological polar surface area (TPSA) is 56.1 Å². The molecule has 29 heavy (non-hydrogen) atoms. The van der Waals surface area contributed by atoms with Crippen LogP contribution in [0.25, 0.3) is 0 Å². The van der Waals surface area contributed by atoms with E-state index >= 15 is 0 Å². The number of rotatable bonds is 4. The number of hydrogen-bond acceptors (Lipinski definition) is 3. The predicted octanol–water partition coefficient (Wildman–Crippen LogP) is 4.58. The van der Waals surface area contributed by atoms with Crippen molar-refractivity contribution < 1.29 is 9.53 Å². The van der Waals surface area contributed by atoms with Crippen LogP contribution in [0.15, 0.2) is 54.9 Å². The number of aryl methyl sites for hydroxylation is 2. The van der Waals surface area contributed by atoms with Crippen LogP contribution in [-0.2, 0) is 6.54 Å². The summed E-state index contributed by atoms with van der Waals surface area (Å²) < 4.78 is 8.22. The van der Waals surface area contributed by atoms with Crippen LogP contribution in [0.3, 0.4) is 0 Å². The molecule has 0 bridgehead atoms. The van der Waals surface area contributed by atoms with E-state index in [1.807, 2.05) is 50.4 Å². The Hall–Kier alpha value is -3.08. The first-order chi connectivity index (χ1) is 13.8. The molecule has 4 rings (SSSR count). The van der Waals surface area contributed by atoms with Crippen LogP contribution < -0.4 is 10.1 Å². The van der Waals surface area contributed by atoms with Gasteiger partial charge in [0.05, 0.1) is 6.04 Å². The number of amides is 1. The summed E-state index contributed by atoms with van der Waals surface area (Å²) >= 11 is 0. The molecule has 0 aliphatic carbocycles. The number of carbonyl (C=O) groups is 1. The minimum atomic E-state index is -0.328. The second-order valence-corrected chi connectivity index (χ2v) is 8.43. The fraction of sp³-hybridized carbons (Fsp3) is 0.333. The molecule has 1 aromatic heterocycles. The normalized spacial score (nSPS) is 17.3. The molecule has 1 atom stereocenters. The van der Waals surface area contributed by atoms with Crippen LogP contribution in [-0.4, -0.2) is 21.1 Å². The van der Waals surface area contributed by atoms with Gasteiger partial charge in [-0.15, -0.1) is 0 Å². The summed E-state index contributed by atoms with van der Waals surface area (Å²) in [5.74, 6) is 1.77. The lowest BCUT2D eigenvalue weighted by atomic mass is 9.89. The van der Waals surface area contributed by atoms with Crippen LogP contribution in [0, 0.1) is 13.8 Å². The van der Waals surface area contributed by atoms with Crippen molar-refractivity contribution in [3.8, 4) is 5.75 Å². The van der Waals surface area contributed by atoms with Crippen LogP contribution in [0.2, 0.25) is 0 Å². The maximum atomic E-state index is 12.9. The van der Waals surface area contributed by atoms with E-state index in [1.54, 1.807) is 6.20 Å². The van der Waals surface area contributed by atoms with Crippen molar-refractivity contribution in [3.05, 3.63) is 82.9 Å². The van der Waals surface area contributed by atoms with Crippen molar-refractivity contribution in [2.24, 2.45) is 0 Å². The van der Waals surface area contributed by atoms with Gasteiger partial charge in [-0.1, -0.05) is 24.3 Å². The van der Waals surface area contributed by atoms with E-state index in [1.165, 1.54) is 0 Å². The molecule has 5 nitrogen and oxygen atoms in total. The number of ether oxygens (including phenoxy) is 1. The number of nitrogens with zero attached hydrogens (tertiary/aromatic N) is 2. The second-order valence-electron chi connectivity index (χ2n) is 8.43. The molecule has 1 aliphatic heterocycles. The number of hydrogen-bond donors (Lipinski definition) is 1. The largest absolute Gasteiger partial charge is 0.487 e. The van der Waals surface area contributed by atoms with Gasteiger partial charge in [-0.3, -0.25) is 4.79 Å². The average Bonchev–Trinajstić information content (AvgIpc) is 3.05. The Bertz CT molecular complexity index is 1030. The quantitative estimate of drug-likeness (QED) is 0.711. The minimum absolute atomic E-state index is 0.0652. The van der Waals surface area contributed by atoms with Gasteiger partial charge in [-0.05, 0) is 57.0 Å². The molecule has 0 radical (unpaired) electrons. The highest BCUT2D eigenvalue weighted by Crippen LogP contribution is 2.40. The molecule has 1 amide bonds. The Labute approximate surface area is 171 Å². The fourth-order valence-corrected chi connectivity index (χ4v) is 3.86. The molecule has 1 aliphatic rings. The average molecular weight is 389 g/mol. The van der Waals surface area contributed by atoms with Crippen molar-refractivity contribution in [3.63, 3.8) is 0 Å². The number of benzene rings is 2. The summed E-state index contributed by atoms with van der Waals surface area (Å²) in [7, 11) is 0. The first kappa shape index (κ1) is 19.2. The molecule has 0 spiro atoms. The Morgan fingerprint density at radius 3 is 2.66 bits per heavy atom. The van der Waals surface area contributed by atoms with Crippen molar-refractivity contribution in [1.82, 2.24) is 14.9 Å². The summed E-state index contributed by atoms with van der Waals surface area (Å²) in [5.41, 5.74) is 3.65. The minimum Gasteiger partial charge on any atom is -0.487 e. The highest BCUT2D eigenvalue weighted by Gasteiger charge is 2.34. The maximum Gasteiger partial charge on any atom is 0.251 e. The SMILES string of the molecule is Cc1ccc2c(c1)OC(C)(C)CC2NC(=O)c1ccc(Cn2ccnc2C)cc1. The first-order valence-electron chi connectivity index (χ1n) is 9.98. The zero-order valence-electron chi connectivity index (χ0n) is 17.4. The zero-order chi connectivity index (χ0) is 20.6. The van der Waals surface area contributed by atoms with Gasteiger partial charge >= 0.3 is 0 Å². The molecule has 0 saturated heterocycles. The van der Waals surface area contributed by atoms with E-state index in [-0.39, 0.29) is 17.6 Å². The van der Waals surface area contributed by atoms with Gasteiger partial charge in [0.25, 0.3) is 5.91 Å². The second kappa shape index (κ2) is 7.39. The van der Waals surface area contributed by atoms with Crippen molar-refractivity contribution in [2.75, 3.05) is 0 Å². The van der Waals surface area contributed by atoms with E-state index < -0.39 is 0 Å². The van der Waals surface area contributed by atoms with E-state index in [0.717, 1.165) is 41.2 Å². The number of carbonyl (C=O) groups excluding carboxylic acids is 1. The van der Waals surface area contributed by atoms with Gasteiger partial charge in [-0.25, -0.2) is 4.98 Å². The monoisotopic (exact) mass is 389 g/mol. The van der Waals surface area contributed by atoms with Gasteiger partial charge < -0.3 is 14.6 Å².